The SMILES string of the molecule is COC(=O)[C@H](CCC(N)=O)N=CCC1OCC(C)(C)CO1. The zero-order valence-corrected chi connectivity index (χ0v) is 12.8. The van der Waals surface area contributed by atoms with Crippen molar-refractivity contribution in [2.75, 3.05) is 20.3 Å². The lowest BCUT2D eigenvalue weighted by Crippen LogP contribution is -2.37. The number of hydrogen-bond donors (Lipinski definition) is 1. The summed E-state index contributed by atoms with van der Waals surface area (Å²) in [6, 6.07) is -0.720. The van der Waals surface area contributed by atoms with E-state index in [2.05, 4.69) is 23.6 Å². The summed E-state index contributed by atoms with van der Waals surface area (Å²) in [5, 5.41) is 0. The third-order valence-electron chi connectivity index (χ3n) is 3.04. The van der Waals surface area contributed by atoms with Crippen molar-refractivity contribution in [3.05, 3.63) is 0 Å². The highest BCUT2D eigenvalue weighted by molar-refractivity contribution is 5.80. The van der Waals surface area contributed by atoms with Gasteiger partial charge in [0.15, 0.2) is 6.29 Å². The minimum absolute atomic E-state index is 0.0175. The number of ether oxygens (including phenoxy) is 3. The highest BCUT2D eigenvalue weighted by Crippen LogP contribution is 2.23. The number of primary amides is 1. The molecule has 0 aromatic heterocycles. The number of nitrogens with two attached hydrogens (primary N) is 1. The Morgan fingerprint density at radius 1 is 1.43 bits per heavy atom. The van der Waals surface area contributed by atoms with Gasteiger partial charge in [-0.1, -0.05) is 13.8 Å². The molecule has 1 heterocycles. The zero-order chi connectivity index (χ0) is 15.9. The average Bonchev–Trinajstić information content (AvgIpc) is 2.43. The van der Waals surface area contributed by atoms with Gasteiger partial charge in [-0.05, 0) is 6.42 Å². The number of aliphatic imine (C=N–C) groups is 1. The number of nitrogens with zero attached hydrogens (tertiary/aromatic N) is 1. The van der Waals surface area contributed by atoms with E-state index in [4.69, 9.17) is 15.2 Å². The molecular weight excluding hydrogens is 276 g/mol. The lowest BCUT2D eigenvalue weighted by atomic mass is 9.95. The van der Waals surface area contributed by atoms with Crippen LogP contribution in [0.5, 0.6) is 0 Å². The molecule has 1 aliphatic rings. The zero-order valence-electron chi connectivity index (χ0n) is 12.8. The molecule has 1 saturated heterocycles. The van der Waals surface area contributed by atoms with Gasteiger partial charge in [-0.15, -0.1) is 0 Å². The van der Waals surface area contributed by atoms with Gasteiger partial charge in [0.2, 0.25) is 5.91 Å². The number of amides is 1. The number of carbonyl (C=O) groups is 2. The standard InChI is InChI=1S/C14H24N2O5/c1-14(2)8-20-12(21-9-14)6-7-16-10(13(18)19-3)4-5-11(15)17/h7,10,12H,4-6,8-9H2,1-3H3,(H2,15,17)/t10-/m0/s1. The smallest absolute Gasteiger partial charge is 0.330 e. The minimum Gasteiger partial charge on any atom is -0.467 e. The van der Waals surface area contributed by atoms with Crippen LogP contribution in [0, 0.1) is 5.41 Å². The number of rotatable bonds is 7. The molecule has 0 aliphatic carbocycles. The molecule has 0 aromatic carbocycles. The van der Waals surface area contributed by atoms with Gasteiger partial charge in [0.25, 0.3) is 0 Å². The van der Waals surface area contributed by atoms with Gasteiger partial charge in [0, 0.05) is 24.5 Å². The molecule has 1 fully saturated rings. The Bertz CT molecular complexity index is 385. The van der Waals surface area contributed by atoms with Crippen molar-refractivity contribution in [1.82, 2.24) is 0 Å². The Morgan fingerprint density at radius 3 is 2.57 bits per heavy atom. The molecule has 1 atom stereocenters. The van der Waals surface area contributed by atoms with E-state index in [1.54, 1.807) is 6.21 Å². The van der Waals surface area contributed by atoms with Crippen LogP contribution < -0.4 is 5.73 Å². The topological polar surface area (TPSA) is 100 Å². The maximum Gasteiger partial charge on any atom is 0.330 e. The molecule has 1 aliphatic heterocycles. The van der Waals surface area contributed by atoms with Gasteiger partial charge in [-0.25, -0.2) is 4.79 Å². The molecule has 1 rings (SSSR count). The Balaban J connectivity index is 2.43. The quantitative estimate of drug-likeness (QED) is 0.549. The average molecular weight is 300 g/mol. The molecule has 0 aromatic rings. The van der Waals surface area contributed by atoms with Crippen LogP contribution in [0.2, 0.25) is 0 Å². The molecule has 120 valence electrons. The third kappa shape index (κ3) is 6.68. The maximum absolute atomic E-state index is 11.5. The third-order valence-corrected chi connectivity index (χ3v) is 3.04. The fourth-order valence-corrected chi connectivity index (χ4v) is 1.81. The van der Waals surface area contributed by atoms with E-state index in [-0.39, 0.29) is 24.5 Å². The highest BCUT2D eigenvalue weighted by atomic mass is 16.7. The van der Waals surface area contributed by atoms with Gasteiger partial charge in [0.1, 0.15) is 6.04 Å². The van der Waals surface area contributed by atoms with Gasteiger partial charge < -0.3 is 19.9 Å². The number of esters is 1. The molecule has 21 heavy (non-hydrogen) atoms. The lowest BCUT2D eigenvalue weighted by Gasteiger charge is -2.34. The van der Waals surface area contributed by atoms with Crippen molar-refractivity contribution in [2.24, 2.45) is 16.1 Å². The van der Waals surface area contributed by atoms with Gasteiger partial charge in [0.05, 0.1) is 20.3 Å². The Kier molecular flexibility index (Phi) is 6.77. The van der Waals surface area contributed by atoms with Crippen molar-refractivity contribution in [3.8, 4) is 0 Å². The van der Waals surface area contributed by atoms with Crippen LogP contribution >= 0.6 is 0 Å². The van der Waals surface area contributed by atoms with Crippen LogP contribution in [0.15, 0.2) is 4.99 Å². The van der Waals surface area contributed by atoms with E-state index in [1.807, 2.05) is 0 Å². The monoisotopic (exact) mass is 300 g/mol. The van der Waals surface area contributed by atoms with Crippen molar-refractivity contribution < 1.29 is 23.8 Å². The van der Waals surface area contributed by atoms with Crippen LogP contribution in [-0.2, 0) is 23.8 Å². The summed E-state index contributed by atoms with van der Waals surface area (Å²) in [7, 11) is 1.28. The molecule has 0 bridgehead atoms. The predicted molar refractivity (Wildman–Crippen MR) is 76.8 cm³/mol. The fraction of sp³-hybridized carbons (Fsp3) is 0.786. The lowest BCUT2D eigenvalue weighted by molar-refractivity contribution is -0.217. The molecule has 0 saturated carbocycles. The van der Waals surface area contributed by atoms with E-state index in [1.165, 1.54) is 7.11 Å². The summed E-state index contributed by atoms with van der Waals surface area (Å²) < 4.78 is 15.8. The maximum atomic E-state index is 11.5. The molecule has 7 heteroatoms. The van der Waals surface area contributed by atoms with Crippen molar-refractivity contribution >= 4 is 18.1 Å². The Morgan fingerprint density at radius 2 is 2.05 bits per heavy atom. The number of methoxy groups -OCH3 is 1. The van der Waals surface area contributed by atoms with E-state index in [9.17, 15) is 9.59 Å². The second-order valence-corrected chi connectivity index (χ2v) is 5.83. The van der Waals surface area contributed by atoms with E-state index < -0.39 is 17.9 Å². The van der Waals surface area contributed by atoms with E-state index >= 15 is 0 Å². The fourth-order valence-electron chi connectivity index (χ4n) is 1.81. The Labute approximate surface area is 124 Å². The van der Waals surface area contributed by atoms with Crippen LogP contribution in [0.4, 0.5) is 0 Å². The minimum atomic E-state index is -0.720. The Hall–Kier alpha value is -1.47. The summed E-state index contributed by atoms with van der Waals surface area (Å²) in [6.07, 6.45) is 1.99. The first kappa shape index (κ1) is 17.6. The van der Waals surface area contributed by atoms with Crippen LogP contribution in [0.3, 0.4) is 0 Å². The van der Waals surface area contributed by atoms with E-state index in [0.29, 0.717) is 19.6 Å². The predicted octanol–water partition coefficient (Wildman–Crippen LogP) is 0.654. The molecule has 0 spiro atoms. The molecule has 7 nitrogen and oxygen atoms in total. The van der Waals surface area contributed by atoms with Crippen LogP contribution in [-0.4, -0.2) is 50.7 Å². The molecular formula is C14H24N2O5. The van der Waals surface area contributed by atoms with Gasteiger partial charge in [-0.3, -0.25) is 9.79 Å². The first-order valence-corrected chi connectivity index (χ1v) is 6.95. The first-order chi connectivity index (χ1) is 9.84. The number of hydrogen-bond acceptors (Lipinski definition) is 6. The molecule has 1 amide bonds. The van der Waals surface area contributed by atoms with Gasteiger partial charge in [-0.2, -0.15) is 0 Å². The number of carbonyl (C=O) groups excluding carboxylic acids is 2. The molecule has 0 radical (unpaired) electrons. The normalized spacial score (nSPS) is 20.3. The van der Waals surface area contributed by atoms with Crippen molar-refractivity contribution in [3.63, 3.8) is 0 Å². The second-order valence-electron chi connectivity index (χ2n) is 5.83. The van der Waals surface area contributed by atoms with Crippen LogP contribution in [0.25, 0.3) is 0 Å². The summed E-state index contributed by atoms with van der Waals surface area (Å²) in [5.74, 6) is -0.959. The second kappa shape index (κ2) is 8.09. The van der Waals surface area contributed by atoms with Crippen molar-refractivity contribution in [1.29, 1.82) is 0 Å². The highest BCUT2D eigenvalue weighted by Gasteiger charge is 2.27. The summed E-state index contributed by atoms with van der Waals surface area (Å²) in [6.45, 7) is 5.37. The van der Waals surface area contributed by atoms with Gasteiger partial charge >= 0.3 is 5.97 Å². The summed E-state index contributed by atoms with van der Waals surface area (Å²) in [4.78, 5) is 26.4. The largest absolute Gasteiger partial charge is 0.467 e. The summed E-state index contributed by atoms with van der Waals surface area (Å²) in [5.41, 5.74) is 5.09. The molecule has 2 N–H and O–H groups in total. The van der Waals surface area contributed by atoms with Crippen LogP contribution in [0.1, 0.15) is 33.1 Å². The van der Waals surface area contributed by atoms with Crippen molar-refractivity contribution in [2.45, 2.75) is 45.4 Å². The molecule has 0 unspecified atom stereocenters. The first-order valence-electron chi connectivity index (χ1n) is 6.95. The van der Waals surface area contributed by atoms with E-state index in [0.717, 1.165) is 0 Å². The summed E-state index contributed by atoms with van der Waals surface area (Å²) >= 11 is 0.